The van der Waals surface area contributed by atoms with Crippen LogP contribution in [0.3, 0.4) is 0 Å². The van der Waals surface area contributed by atoms with Crippen LogP contribution in [0, 0.1) is 5.82 Å². The highest BCUT2D eigenvalue weighted by molar-refractivity contribution is 6.01. The molecule has 3 rings (SSSR count). The minimum Gasteiger partial charge on any atom is -0.349 e. The average Bonchev–Trinajstić information content (AvgIpc) is 2.95. The van der Waals surface area contributed by atoms with Crippen LogP contribution in [0.2, 0.25) is 0 Å². The van der Waals surface area contributed by atoms with Gasteiger partial charge in [-0.15, -0.1) is 12.4 Å². The summed E-state index contributed by atoms with van der Waals surface area (Å²) >= 11 is 0. The van der Waals surface area contributed by atoms with E-state index in [2.05, 4.69) is 10.6 Å². The Balaban J connectivity index is 0.00000192. The second kappa shape index (κ2) is 6.84. The zero-order valence-electron chi connectivity index (χ0n) is 12.7. The van der Waals surface area contributed by atoms with E-state index in [0.29, 0.717) is 17.8 Å². The third-order valence-corrected chi connectivity index (χ3v) is 4.71. The molecule has 4 N–H and O–H groups in total. The molecule has 1 atom stereocenters. The van der Waals surface area contributed by atoms with E-state index in [9.17, 15) is 14.0 Å². The zero-order chi connectivity index (χ0) is 15.7. The van der Waals surface area contributed by atoms with Crippen molar-refractivity contribution >= 4 is 29.9 Å². The molecular weight excluding hydrogens is 321 g/mol. The summed E-state index contributed by atoms with van der Waals surface area (Å²) in [6.45, 7) is 0.397. The fourth-order valence-corrected chi connectivity index (χ4v) is 3.45. The number of fused-ring (bicyclic) bond motifs is 1. The lowest BCUT2D eigenvalue weighted by atomic mass is 9.88. The van der Waals surface area contributed by atoms with Gasteiger partial charge in [0.25, 0.3) is 0 Å². The number of rotatable bonds is 3. The highest BCUT2D eigenvalue weighted by Crippen LogP contribution is 2.35. The number of benzene rings is 1. The first-order valence-electron chi connectivity index (χ1n) is 7.64. The maximum atomic E-state index is 13.3. The first kappa shape index (κ1) is 17.7. The lowest BCUT2D eigenvalue weighted by Crippen LogP contribution is -2.53. The summed E-state index contributed by atoms with van der Waals surface area (Å²) in [6.07, 6.45) is 3.90. The van der Waals surface area contributed by atoms with Crippen molar-refractivity contribution in [3.8, 4) is 0 Å². The van der Waals surface area contributed by atoms with Gasteiger partial charge in [0.1, 0.15) is 5.82 Å². The lowest BCUT2D eigenvalue weighted by Gasteiger charge is -2.32. The number of carbonyl (C=O) groups is 2. The van der Waals surface area contributed by atoms with Crippen molar-refractivity contribution in [3.63, 3.8) is 0 Å². The van der Waals surface area contributed by atoms with Gasteiger partial charge in [-0.3, -0.25) is 9.59 Å². The monoisotopic (exact) mass is 341 g/mol. The molecule has 1 heterocycles. The molecule has 1 fully saturated rings. The van der Waals surface area contributed by atoms with Crippen molar-refractivity contribution in [3.05, 3.63) is 29.6 Å². The zero-order valence-corrected chi connectivity index (χ0v) is 13.5. The molecular formula is C16H21ClFN3O2. The van der Waals surface area contributed by atoms with E-state index in [4.69, 9.17) is 5.73 Å². The molecule has 2 amide bonds. The molecule has 0 bridgehead atoms. The van der Waals surface area contributed by atoms with E-state index in [1.807, 2.05) is 0 Å². The largest absolute Gasteiger partial charge is 0.349 e. The second-order valence-electron chi connectivity index (χ2n) is 6.22. The average molecular weight is 342 g/mol. The quantitative estimate of drug-likeness (QED) is 0.786. The van der Waals surface area contributed by atoms with Crippen LogP contribution in [0.15, 0.2) is 18.2 Å². The summed E-state index contributed by atoms with van der Waals surface area (Å²) in [7, 11) is 0. The van der Waals surface area contributed by atoms with Crippen molar-refractivity contribution in [2.45, 2.75) is 43.6 Å². The van der Waals surface area contributed by atoms with Crippen LogP contribution in [0.5, 0.6) is 0 Å². The molecule has 0 saturated heterocycles. The van der Waals surface area contributed by atoms with Crippen molar-refractivity contribution in [1.29, 1.82) is 0 Å². The second-order valence-corrected chi connectivity index (χ2v) is 6.22. The topological polar surface area (TPSA) is 84.2 Å². The lowest BCUT2D eigenvalue weighted by molar-refractivity contribution is -0.127. The summed E-state index contributed by atoms with van der Waals surface area (Å²) in [4.78, 5) is 24.5. The van der Waals surface area contributed by atoms with E-state index >= 15 is 0 Å². The summed E-state index contributed by atoms with van der Waals surface area (Å²) < 4.78 is 13.3. The molecule has 1 aliphatic carbocycles. The molecule has 0 aromatic heterocycles. The minimum absolute atomic E-state index is 0. The fourth-order valence-electron chi connectivity index (χ4n) is 3.45. The Kier molecular flexibility index (Phi) is 5.26. The van der Waals surface area contributed by atoms with Gasteiger partial charge >= 0.3 is 0 Å². The first-order valence-corrected chi connectivity index (χ1v) is 7.64. The molecule has 1 unspecified atom stereocenters. The van der Waals surface area contributed by atoms with Gasteiger partial charge in [0.2, 0.25) is 11.8 Å². The number of amides is 2. The van der Waals surface area contributed by atoms with Gasteiger partial charge in [0.15, 0.2) is 0 Å². The Morgan fingerprint density at radius 1 is 1.39 bits per heavy atom. The van der Waals surface area contributed by atoms with Gasteiger partial charge in [-0.25, -0.2) is 4.39 Å². The van der Waals surface area contributed by atoms with Crippen LogP contribution in [-0.4, -0.2) is 23.9 Å². The molecule has 1 saturated carbocycles. The summed E-state index contributed by atoms with van der Waals surface area (Å²) in [6, 6.07) is 4.13. The Morgan fingerprint density at radius 3 is 2.74 bits per heavy atom. The smallest absolute Gasteiger partial charge is 0.228 e. The normalized spacial score (nSPS) is 21.8. The molecule has 5 nitrogen and oxygen atoms in total. The molecule has 7 heteroatoms. The third-order valence-electron chi connectivity index (χ3n) is 4.71. The third kappa shape index (κ3) is 3.48. The van der Waals surface area contributed by atoms with Crippen LogP contribution < -0.4 is 16.4 Å². The Labute approximate surface area is 140 Å². The van der Waals surface area contributed by atoms with Gasteiger partial charge in [-0.2, -0.15) is 0 Å². The highest BCUT2D eigenvalue weighted by atomic mass is 35.5. The predicted octanol–water partition coefficient (Wildman–Crippen LogP) is 2.06. The van der Waals surface area contributed by atoms with Gasteiger partial charge < -0.3 is 16.4 Å². The maximum absolute atomic E-state index is 13.3. The van der Waals surface area contributed by atoms with Crippen LogP contribution in [0.1, 0.15) is 43.6 Å². The van der Waals surface area contributed by atoms with E-state index in [-0.39, 0.29) is 36.2 Å². The van der Waals surface area contributed by atoms with Crippen LogP contribution in [-0.2, 0) is 9.59 Å². The molecule has 0 spiro atoms. The number of nitrogens with two attached hydrogens (primary N) is 1. The molecule has 23 heavy (non-hydrogen) atoms. The number of anilines is 1. The Hall–Kier alpha value is -1.66. The van der Waals surface area contributed by atoms with Crippen LogP contribution in [0.4, 0.5) is 10.1 Å². The van der Waals surface area contributed by atoms with Gasteiger partial charge in [0.05, 0.1) is 11.5 Å². The molecule has 0 radical (unpaired) electrons. The number of hydrogen-bond donors (Lipinski definition) is 3. The highest BCUT2D eigenvalue weighted by Gasteiger charge is 2.38. The molecule has 1 aromatic rings. The van der Waals surface area contributed by atoms with E-state index in [1.54, 1.807) is 6.07 Å². The van der Waals surface area contributed by atoms with Gasteiger partial charge in [-0.05, 0) is 30.5 Å². The Morgan fingerprint density at radius 2 is 2.09 bits per heavy atom. The van der Waals surface area contributed by atoms with Crippen molar-refractivity contribution in [1.82, 2.24) is 5.32 Å². The van der Waals surface area contributed by atoms with Crippen molar-refractivity contribution in [2.75, 3.05) is 11.9 Å². The van der Waals surface area contributed by atoms with Gasteiger partial charge in [0, 0.05) is 18.7 Å². The summed E-state index contributed by atoms with van der Waals surface area (Å²) in [5.74, 6) is -1.50. The number of nitrogens with one attached hydrogen (secondary N) is 2. The summed E-state index contributed by atoms with van der Waals surface area (Å²) in [5.41, 5.74) is 6.52. The van der Waals surface area contributed by atoms with Gasteiger partial charge in [-0.1, -0.05) is 18.9 Å². The summed E-state index contributed by atoms with van der Waals surface area (Å²) in [5, 5.41) is 5.67. The van der Waals surface area contributed by atoms with Crippen molar-refractivity contribution in [2.24, 2.45) is 5.73 Å². The Bertz CT molecular complexity index is 617. The fraction of sp³-hybridized carbons (Fsp3) is 0.500. The maximum Gasteiger partial charge on any atom is 0.228 e. The molecule has 1 aromatic carbocycles. The van der Waals surface area contributed by atoms with Crippen LogP contribution >= 0.6 is 12.4 Å². The number of hydrogen-bond acceptors (Lipinski definition) is 3. The minimum atomic E-state index is -0.589. The standard InChI is InChI=1S/C16H20FN3O2.ClH/c17-10-3-4-11-12(8-14(21)19-13(11)7-10)15(22)20-16(9-18)5-1-2-6-16;/h3-4,7,12H,1-2,5-6,8-9,18H2,(H,19,21)(H,20,22);1H. The molecule has 2 aliphatic rings. The number of carbonyl (C=O) groups excluding carboxylic acids is 2. The van der Waals surface area contributed by atoms with E-state index in [1.165, 1.54) is 12.1 Å². The van der Waals surface area contributed by atoms with E-state index in [0.717, 1.165) is 25.7 Å². The molecule has 126 valence electrons. The van der Waals surface area contributed by atoms with Crippen molar-refractivity contribution < 1.29 is 14.0 Å². The first-order chi connectivity index (χ1) is 10.5. The number of halogens is 2. The molecule has 1 aliphatic heterocycles. The van der Waals surface area contributed by atoms with E-state index < -0.39 is 11.7 Å². The van der Waals surface area contributed by atoms with Crippen LogP contribution in [0.25, 0.3) is 0 Å². The predicted molar refractivity (Wildman–Crippen MR) is 88.0 cm³/mol. The SMILES string of the molecule is Cl.NCC1(NC(=O)C2CC(=O)Nc3cc(F)ccc32)CCCC1.